The molecule has 38 heavy (non-hydrogen) atoms. The van der Waals surface area contributed by atoms with Crippen molar-refractivity contribution >= 4 is 35.1 Å². The van der Waals surface area contributed by atoms with Crippen LogP contribution in [-0.2, 0) is 16.1 Å². The van der Waals surface area contributed by atoms with Crippen LogP contribution in [0.1, 0.15) is 24.0 Å². The summed E-state index contributed by atoms with van der Waals surface area (Å²) < 4.78 is 17.3. The van der Waals surface area contributed by atoms with Crippen molar-refractivity contribution in [2.75, 3.05) is 13.1 Å². The summed E-state index contributed by atoms with van der Waals surface area (Å²) in [5.74, 6) is 0.844. The van der Waals surface area contributed by atoms with Crippen LogP contribution in [0.25, 0.3) is 6.08 Å². The number of nitrogens with one attached hydrogen (secondary N) is 1. The first-order valence-corrected chi connectivity index (χ1v) is 12.8. The van der Waals surface area contributed by atoms with Gasteiger partial charge in [0.15, 0.2) is 0 Å². The zero-order chi connectivity index (χ0) is 26.3. The molecule has 3 heterocycles. The molecule has 2 aliphatic rings. The van der Waals surface area contributed by atoms with Crippen LogP contribution in [0.15, 0.2) is 71.9 Å². The van der Waals surface area contributed by atoms with Crippen molar-refractivity contribution in [1.29, 1.82) is 0 Å². The number of rotatable bonds is 7. The van der Waals surface area contributed by atoms with Crippen LogP contribution in [-0.4, -0.2) is 51.3 Å². The Labute approximate surface area is 223 Å². The Bertz CT molecular complexity index is 1340. The highest BCUT2D eigenvalue weighted by molar-refractivity contribution is 8.18. The molecule has 1 N–H and O–H groups in total. The van der Waals surface area contributed by atoms with Crippen molar-refractivity contribution < 1.29 is 28.6 Å². The number of carbonyl (C=O) groups is 3. The predicted molar refractivity (Wildman–Crippen MR) is 140 cm³/mol. The summed E-state index contributed by atoms with van der Waals surface area (Å²) in [4.78, 5) is 45.7. The average Bonchev–Trinajstić information content (AvgIpc) is 3.25. The topological polar surface area (TPSA) is 120 Å². The highest BCUT2D eigenvalue weighted by Gasteiger charge is 2.26. The first kappa shape index (κ1) is 25.3. The molecule has 2 aromatic carbocycles. The van der Waals surface area contributed by atoms with E-state index in [1.54, 1.807) is 41.3 Å². The number of benzene rings is 2. The van der Waals surface area contributed by atoms with E-state index in [0.29, 0.717) is 48.3 Å². The van der Waals surface area contributed by atoms with Gasteiger partial charge in [-0.15, -0.1) is 0 Å². The smallest absolute Gasteiger partial charge is 0.410 e. The van der Waals surface area contributed by atoms with Crippen LogP contribution in [0.4, 0.5) is 9.59 Å². The number of ether oxygens (including phenoxy) is 3. The van der Waals surface area contributed by atoms with Crippen LogP contribution in [0.2, 0.25) is 0 Å². The Morgan fingerprint density at radius 3 is 2.47 bits per heavy atom. The highest BCUT2D eigenvalue weighted by Crippen LogP contribution is 2.28. The van der Waals surface area contributed by atoms with Gasteiger partial charge in [0, 0.05) is 25.9 Å². The Hall–Kier alpha value is -4.38. The quantitative estimate of drug-likeness (QED) is 0.429. The number of piperidine rings is 1. The number of thioether (sulfide) groups is 1. The zero-order valence-electron chi connectivity index (χ0n) is 20.2. The van der Waals surface area contributed by atoms with Crippen LogP contribution >= 0.6 is 11.8 Å². The summed E-state index contributed by atoms with van der Waals surface area (Å²) in [7, 11) is 0. The Morgan fingerprint density at radius 1 is 1.03 bits per heavy atom. The van der Waals surface area contributed by atoms with Gasteiger partial charge in [-0.3, -0.25) is 14.9 Å². The summed E-state index contributed by atoms with van der Waals surface area (Å²) in [6.45, 7) is 1.31. The molecule has 0 spiro atoms. The molecule has 3 aromatic rings. The molecule has 0 radical (unpaired) electrons. The van der Waals surface area contributed by atoms with Crippen molar-refractivity contribution in [3.8, 4) is 17.5 Å². The van der Waals surface area contributed by atoms with Gasteiger partial charge < -0.3 is 19.1 Å². The van der Waals surface area contributed by atoms with Gasteiger partial charge in [0.25, 0.3) is 11.1 Å². The molecule has 2 fully saturated rings. The molecular formula is C27H24N4O6S. The molecule has 0 atom stereocenters. The maximum Gasteiger partial charge on any atom is 0.410 e. The number of imide groups is 1. The number of hydrogen-bond donors (Lipinski definition) is 1. The van der Waals surface area contributed by atoms with Gasteiger partial charge >= 0.3 is 6.09 Å². The summed E-state index contributed by atoms with van der Waals surface area (Å²) in [6, 6.07) is 18.2. The number of likely N-dealkylation sites (tertiary alicyclic amines) is 1. The number of amides is 3. The minimum absolute atomic E-state index is 0.0965. The van der Waals surface area contributed by atoms with Gasteiger partial charge in [0.1, 0.15) is 24.8 Å². The van der Waals surface area contributed by atoms with Gasteiger partial charge in [-0.1, -0.05) is 42.5 Å². The number of hydrogen-bond acceptors (Lipinski definition) is 9. The van der Waals surface area contributed by atoms with Crippen LogP contribution in [0.3, 0.4) is 0 Å². The van der Waals surface area contributed by atoms with Crippen LogP contribution in [0.5, 0.6) is 17.5 Å². The lowest BCUT2D eigenvalue weighted by atomic mass is 10.1. The monoisotopic (exact) mass is 532 g/mol. The third-order valence-electron chi connectivity index (χ3n) is 5.85. The van der Waals surface area contributed by atoms with Crippen molar-refractivity contribution in [2.45, 2.75) is 25.6 Å². The fourth-order valence-electron chi connectivity index (χ4n) is 3.91. The molecular weight excluding hydrogens is 508 g/mol. The molecule has 0 saturated carbocycles. The molecule has 0 bridgehead atoms. The fourth-order valence-corrected chi connectivity index (χ4v) is 4.59. The number of carbonyl (C=O) groups excluding carboxylic acids is 3. The molecule has 1 aromatic heterocycles. The molecule has 2 saturated heterocycles. The number of nitrogens with zero attached hydrogens (tertiary/aromatic N) is 3. The molecule has 2 aliphatic heterocycles. The molecule has 0 unspecified atom stereocenters. The SMILES string of the molecule is O=C1NC(=O)C(=Cc2ccc(Oc3cc(OC4CCN(C(=O)OCc5ccccc5)CC4)ncn3)cc2)S1. The van der Waals surface area contributed by atoms with E-state index in [0.717, 1.165) is 22.9 Å². The minimum Gasteiger partial charge on any atom is -0.474 e. The van der Waals surface area contributed by atoms with E-state index in [4.69, 9.17) is 14.2 Å². The Balaban J connectivity index is 1.10. The Morgan fingerprint density at radius 2 is 1.76 bits per heavy atom. The van der Waals surface area contributed by atoms with Crippen molar-refractivity contribution in [3.63, 3.8) is 0 Å². The number of aromatic nitrogens is 2. The van der Waals surface area contributed by atoms with Crippen molar-refractivity contribution in [3.05, 3.63) is 83.0 Å². The molecule has 10 nitrogen and oxygen atoms in total. The summed E-state index contributed by atoms with van der Waals surface area (Å²) >= 11 is 0.868. The van der Waals surface area contributed by atoms with Gasteiger partial charge in [0.2, 0.25) is 11.8 Å². The molecule has 5 rings (SSSR count). The lowest BCUT2D eigenvalue weighted by Crippen LogP contribution is -2.42. The molecule has 3 amide bonds. The first-order valence-electron chi connectivity index (χ1n) is 12.0. The third kappa shape index (κ3) is 6.68. The lowest BCUT2D eigenvalue weighted by Gasteiger charge is -2.31. The second-order valence-corrected chi connectivity index (χ2v) is 9.58. The van der Waals surface area contributed by atoms with E-state index in [1.807, 2.05) is 30.3 Å². The lowest BCUT2D eigenvalue weighted by molar-refractivity contribution is -0.115. The molecule has 194 valence electrons. The fraction of sp³-hybridized carbons (Fsp3) is 0.222. The van der Waals surface area contributed by atoms with E-state index in [1.165, 1.54) is 6.33 Å². The van der Waals surface area contributed by atoms with Gasteiger partial charge in [-0.05, 0) is 41.1 Å². The van der Waals surface area contributed by atoms with Crippen LogP contribution in [0, 0.1) is 0 Å². The zero-order valence-corrected chi connectivity index (χ0v) is 21.1. The first-order chi connectivity index (χ1) is 18.5. The van der Waals surface area contributed by atoms with Gasteiger partial charge in [0.05, 0.1) is 11.0 Å². The van der Waals surface area contributed by atoms with E-state index in [-0.39, 0.29) is 24.0 Å². The predicted octanol–water partition coefficient (Wildman–Crippen LogP) is 4.77. The summed E-state index contributed by atoms with van der Waals surface area (Å²) in [5.41, 5.74) is 1.70. The van der Waals surface area contributed by atoms with Crippen molar-refractivity contribution in [1.82, 2.24) is 20.2 Å². The maximum absolute atomic E-state index is 12.4. The largest absolute Gasteiger partial charge is 0.474 e. The van der Waals surface area contributed by atoms with Crippen molar-refractivity contribution in [2.24, 2.45) is 0 Å². The molecule has 11 heteroatoms. The third-order valence-corrected chi connectivity index (χ3v) is 6.66. The Kier molecular flexibility index (Phi) is 7.84. The highest BCUT2D eigenvalue weighted by atomic mass is 32.2. The van der Waals surface area contributed by atoms with E-state index >= 15 is 0 Å². The summed E-state index contributed by atoms with van der Waals surface area (Å²) in [5, 5.41) is 1.85. The van der Waals surface area contributed by atoms with Gasteiger partial charge in [-0.25, -0.2) is 14.8 Å². The summed E-state index contributed by atoms with van der Waals surface area (Å²) in [6.07, 6.45) is 3.89. The normalized spacial score (nSPS) is 16.8. The van der Waals surface area contributed by atoms with E-state index in [2.05, 4.69) is 15.3 Å². The second kappa shape index (κ2) is 11.8. The van der Waals surface area contributed by atoms with E-state index in [9.17, 15) is 14.4 Å². The molecule has 0 aliphatic carbocycles. The van der Waals surface area contributed by atoms with E-state index < -0.39 is 5.91 Å². The standard InChI is InChI=1S/C27H24N4O6S/c32-25-22(38-26(33)30-25)14-18-6-8-20(9-7-18)36-23-15-24(29-17-28-23)37-21-10-12-31(13-11-21)27(34)35-16-19-4-2-1-3-5-19/h1-9,14-15,17,21H,10-13,16H2,(H,30,32,33). The van der Waals surface area contributed by atoms with Gasteiger partial charge in [-0.2, -0.15) is 0 Å². The second-order valence-electron chi connectivity index (χ2n) is 8.56. The van der Waals surface area contributed by atoms with Crippen LogP contribution < -0.4 is 14.8 Å². The maximum atomic E-state index is 12.4. The average molecular weight is 533 g/mol. The minimum atomic E-state index is -0.400.